The first kappa shape index (κ1) is 19.3. The largest absolute Gasteiger partial charge is 0.494 e. The number of nitrogens with one attached hydrogen (secondary N) is 2. The smallest absolute Gasteiger partial charge is 0.150 e. The van der Waals surface area contributed by atoms with Crippen molar-refractivity contribution in [3.63, 3.8) is 0 Å². The van der Waals surface area contributed by atoms with E-state index in [4.69, 9.17) is 27.0 Å². The first-order valence-corrected chi connectivity index (χ1v) is 9.82. The molecule has 0 amide bonds. The number of thiazole rings is 1. The van der Waals surface area contributed by atoms with Crippen LogP contribution in [0.3, 0.4) is 0 Å². The monoisotopic (exact) mass is 377 g/mol. The van der Waals surface area contributed by atoms with E-state index in [0.717, 1.165) is 40.0 Å². The van der Waals surface area contributed by atoms with E-state index in [0.29, 0.717) is 18.6 Å². The number of ether oxygens (including phenoxy) is 1. The van der Waals surface area contributed by atoms with Gasteiger partial charge in [-0.25, -0.2) is 4.98 Å². The standard InChI is InChI=1S/C17H23N5OS2/c18-15(19)10-14-11-22-17(25-14)24-9-3-1-2-8-23-13-6-4-12(5-7-13)16(20)21/h4-7,11H,1-3,8-10H2,(H3,18,19)(H3,20,21). The summed E-state index contributed by atoms with van der Waals surface area (Å²) in [7, 11) is 0. The first-order valence-electron chi connectivity index (χ1n) is 8.02. The van der Waals surface area contributed by atoms with Crippen molar-refractivity contribution in [1.29, 1.82) is 10.8 Å². The third kappa shape index (κ3) is 7.15. The van der Waals surface area contributed by atoms with Crippen LogP contribution in [0.5, 0.6) is 5.75 Å². The molecule has 0 aliphatic rings. The molecule has 1 aromatic heterocycles. The number of thioether (sulfide) groups is 1. The SMILES string of the molecule is N=C(N)Cc1cnc(SCCCCCOc2ccc(C(=N)N)cc2)s1. The molecule has 0 aliphatic heterocycles. The predicted octanol–water partition coefficient (Wildman–Crippen LogP) is 3.25. The Labute approximate surface area is 156 Å². The Hall–Kier alpha value is -2.06. The van der Waals surface area contributed by atoms with Crippen LogP contribution in [0.1, 0.15) is 29.7 Å². The number of unbranched alkanes of at least 4 members (excludes halogenated alkanes) is 2. The highest BCUT2D eigenvalue weighted by molar-refractivity contribution is 8.01. The lowest BCUT2D eigenvalue weighted by Crippen LogP contribution is -2.11. The zero-order valence-electron chi connectivity index (χ0n) is 14.0. The van der Waals surface area contributed by atoms with Crippen LogP contribution in [-0.2, 0) is 6.42 Å². The molecule has 0 bridgehead atoms. The number of hydrogen-bond donors (Lipinski definition) is 4. The number of aromatic nitrogens is 1. The van der Waals surface area contributed by atoms with Crippen LogP contribution in [0.15, 0.2) is 34.8 Å². The van der Waals surface area contributed by atoms with Crippen molar-refractivity contribution in [2.45, 2.75) is 30.0 Å². The Morgan fingerprint density at radius 1 is 1.12 bits per heavy atom. The molecule has 25 heavy (non-hydrogen) atoms. The summed E-state index contributed by atoms with van der Waals surface area (Å²) in [4.78, 5) is 5.38. The maximum absolute atomic E-state index is 7.35. The number of amidine groups is 2. The van der Waals surface area contributed by atoms with E-state index in [1.165, 1.54) is 0 Å². The zero-order chi connectivity index (χ0) is 18.1. The Bertz CT molecular complexity index is 699. The highest BCUT2D eigenvalue weighted by atomic mass is 32.2. The fourth-order valence-electron chi connectivity index (χ4n) is 2.09. The van der Waals surface area contributed by atoms with E-state index in [1.807, 2.05) is 12.1 Å². The predicted molar refractivity (Wildman–Crippen MR) is 105 cm³/mol. The summed E-state index contributed by atoms with van der Waals surface area (Å²) in [5.74, 6) is 2.08. The van der Waals surface area contributed by atoms with E-state index in [2.05, 4.69) is 4.98 Å². The van der Waals surface area contributed by atoms with Crippen molar-refractivity contribution in [2.75, 3.05) is 12.4 Å². The lowest BCUT2D eigenvalue weighted by Gasteiger charge is -2.06. The second-order valence-corrected chi connectivity index (χ2v) is 7.95. The summed E-state index contributed by atoms with van der Waals surface area (Å²) >= 11 is 3.36. The maximum atomic E-state index is 7.35. The molecule has 134 valence electrons. The molecule has 0 saturated carbocycles. The molecular formula is C17H23N5OS2. The molecule has 6 N–H and O–H groups in total. The van der Waals surface area contributed by atoms with Crippen LogP contribution >= 0.6 is 23.1 Å². The van der Waals surface area contributed by atoms with Crippen molar-refractivity contribution >= 4 is 34.8 Å². The fourth-order valence-corrected chi connectivity index (χ4v) is 4.21. The topological polar surface area (TPSA) is 122 Å². The van der Waals surface area contributed by atoms with Crippen molar-refractivity contribution < 1.29 is 4.74 Å². The molecule has 0 unspecified atom stereocenters. The normalized spacial score (nSPS) is 10.6. The minimum atomic E-state index is 0.0673. The Kier molecular flexibility index (Phi) is 7.75. The molecule has 0 atom stereocenters. The van der Waals surface area contributed by atoms with Crippen LogP contribution in [0.25, 0.3) is 0 Å². The number of nitrogen functional groups attached to an aromatic ring is 1. The van der Waals surface area contributed by atoms with E-state index < -0.39 is 0 Å². The van der Waals surface area contributed by atoms with Gasteiger partial charge in [0.25, 0.3) is 0 Å². The van der Waals surface area contributed by atoms with Gasteiger partial charge in [0.2, 0.25) is 0 Å². The zero-order valence-corrected chi connectivity index (χ0v) is 15.6. The third-order valence-electron chi connectivity index (χ3n) is 3.35. The minimum Gasteiger partial charge on any atom is -0.494 e. The summed E-state index contributed by atoms with van der Waals surface area (Å²) in [6.45, 7) is 0.685. The molecule has 2 rings (SSSR count). The molecule has 0 fully saturated rings. The minimum absolute atomic E-state index is 0.0673. The summed E-state index contributed by atoms with van der Waals surface area (Å²) < 4.78 is 6.73. The average molecular weight is 378 g/mol. The van der Waals surface area contributed by atoms with Gasteiger partial charge >= 0.3 is 0 Å². The van der Waals surface area contributed by atoms with Crippen LogP contribution in [-0.4, -0.2) is 29.0 Å². The third-order valence-corrected chi connectivity index (χ3v) is 5.59. The van der Waals surface area contributed by atoms with Gasteiger partial charge in [-0.1, -0.05) is 11.8 Å². The van der Waals surface area contributed by atoms with E-state index in [-0.39, 0.29) is 11.7 Å². The van der Waals surface area contributed by atoms with Crippen LogP contribution in [0.4, 0.5) is 0 Å². The molecular weight excluding hydrogens is 354 g/mol. The van der Waals surface area contributed by atoms with E-state index >= 15 is 0 Å². The van der Waals surface area contributed by atoms with Gasteiger partial charge in [-0.05, 0) is 43.5 Å². The van der Waals surface area contributed by atoms with Crippen molar-refractivity contribution in [3.05, 3.63) is 40.9 Å². The maximum Gasteiger partial charge on any atom is 0.150 e. The molecule has 0 radical (unpaired) electrons. The molecule has 1 aromatic carbocycles. The molecule has 0 saturated heterocycles. The lowest BCUT2D eigenvalue weighted by atomic mass is 10.2. The quantitative estimate of drug-likeness (QED) is 0.207. The number of hydrogen-bond acceptors (Lipinski definition) is 6. The fraction of sp³-hybridized carbons (Fsp3) is 0.353. The number of nitrogens with two attached hydrogens (primary N) is 2. The number of nitrogens with zero attached hydrogens (tertiary/aromatic N) is 1. The Morgan fingerprint density at radius 3 is 2.56 bits per heavy atom. The van der Waals surface area contributed by atoms with Crippen molar-refractivity contribution in [2.24, 2.45) is 11.5 Å². The van der Waals surface area contributed by atoms with E-state index in [1.54, 1.807) is 41.4 Å². The van der Waals surface area contributed by atoms with Crippen molar-refractivity contribution in [3.8, 4) is 5.75 Å². The van der Waals surface area contributed by atoms with Gasteiger partial charge in [0, 0.05) is 28.8 Å². The Balaban J connectivity index is 1.55. The van der Waals surface area contributed by atoms with Crippen molar-refractivity contribution in [1.82, 2.24) is 4.98 Å². The van der Waals surface area contributed by atoms with E-state index in [9.17, 15) is 0 Å². The van der Waals surface area contributed by atoms with Crippen LogP contribution in [0.2, 0.25) is 0 Å². The lowest BCUT2D eigenvalue weighted by molar-refractivity contribution is 0.306. The molecule has 0 spiro atoms. The molecule has 1 heterocycles. The van der Waals surface area contributed by atoms with Crippen LogP contribution in [0, 0.1) is 10.8 Å². The van der Waals surface area contributed by atoms with Crippen LogP contribution < -0.4 is 16.2 Å². The number of rotatable bonds is 11. The molecule has 2 aromatic rings. The highest BCUT2D eigenvalue weighted by Gasteiger charge is 2.04. The summed E-state index contributed by atoms with van der Waals surface area (Å²) in [6, 6.07) is 7.27. The Morgan fingerprint density at radius 2 is 1.88 bits per heavy atom. The second-order valence-electron chi connectivity index (χ2n) is 5.49. The van der Waals surface area contributed by atoms with Gasteiger partial charge < -0.3 is 16.2 Å². The van der Waals surface area contributed by atoms with Gasteiger partial charge in [0.15, 0.2) is 0 Å². The molecule has 0 aliphatic carbocycles. The summed E-state index contributed by atoms with van der Waals surface area (Å²) in [6.07, 6.45) is 5.51. The van der Waals surface area contributed by atoms with Gasteiger partial charge in [-0.3, -0.25) is 10.8 Å². The first-order chi connectivity index (χ1) is 12.0. The van der Waals surface area contributed by atoms with Gasteiger partial charge in [-0.15, -0.1) is 11.3 Å². The second kappa shape index (κ2) is 10.0. The molecule has 8 heteroatoms. The van der Waals surface area contributed by atoms with Gasteiger partial charge in [0.05, 0.1) is 12.4 Å². The average Bonchev–Trinajstić information content (AvgIpc) is 3.01. The van der Waals surface area contributed by atoms with Gasteiger partial charge in [-0.2, -0.15) is 0 Å². The summed E-state index contributed by atoms with van der Waals surface area (Å²) in [5.41, 5.74) is 11.5. The number of benzene rings is 1. The van der Waals surface area contributed by atoms with Gasteiger partial charge in [0.1, 0.15) is 15.9 Å². The molecule has 6 nitrogen and oxygen atoms in total. The summed E-state index contributed by atoms with van der Waals surface area (Å²) in [5, 5.41) is 14.6. The highest BCUT2D eigenvalue weighted by Crippen LogP contribution is 2.25.